The van der Waals surface area contributed by atoms with Crippen LogP contribution in [0.2, 0.25) is 5.02 Å². The van der Waals surface area contributed by atoms with Gasteiger partial charge in [-0.1, -0.05) is 54.1 Å². The van der Waals surface area contributed by atoms with Crippen molar-refractivity contribution >= 4 is 76.8 Å². The highest BCUT2D eigenvalue weighted by molar-refractivity contribution is 7.38. The number of rotatable bonds is 2. The third-order valence-electron chi connectivity index (χ3n) is 4.47. The van der Waals surface area contributed by atoms with Crippen LogP contribution >= 0.6 is 34.3 Å². The Morgan fingerprint density at radius 3 is 2.50 bits per heavy atom. The van der Waals surface area contributed by atoms with Gasteiger partial charge in [-0.25, -0.2) is 0 Å². The van der Waals surface area contributed by atoms with E-state index in [0.29, 0.717) is 9.90 Å². The number of hydrogen-bond donors (Lipinski definition) is 1. The van der Waals surface area contributed by atoms with E-state index >= 15 is 0 Å². The van der Waals surface area contributed by atoms with Crippen LogP contribution in [0, 0.1) is 0 Å². The van der Waals surface area contributed by atoms with E-state index in [2.05, 4.69) is 29.6 Å². The number of fused-ring (bicyclic) bond motifs is 4. The van der Waals surface area contributed by atoms with Gasteiger partial charge in [0.25, 0.3) is 5.91 Å². The topological polar surface area (TPSA) is 29.1 Å². The number of hydrogen-bond acceptors (Lipinski definition) is 3. The Bertz CT molecular complexity index is 1300. The third-order valence-corrected chi connectivity index (χ3v) is 7.22. The maximum Gasteiger partial charge on any atom is 0.267 e. The maximum absolute atomic E-state index is 12.7. The molecule has 3 aromatic carbocycles. The summed E-state index contributed by atoms with van der Waals surface area (Å²) in [7, 11) is 0. The molecule has 2 heterocycles. The van der Waals surface area contributed by atoms with Gasteiger partial charge in [0, 0.05) is 11.1 Å². The largest absolute Gasteiger partial charge is 0.321 e. The molecule has 5 rings (SSSR count). The fourth-order valence-corrected chi connectivity index (χ4v) is 5.72. The Morgan fingerprint density at radius 1 is 0.885 bits per heavy atom. The van der Waals surface area contributed by atoms with Gasteiger partial charge >= 0.3 is 0 Å². The number of anilines is 1. The quantitative estimate of drug-likeness (QED) is 0.316. The first-order chi connectivity index (χ1) is 12.7. The number of thiophene rings is 2. The number of amides is 1. The van der Waals surface area contributed by atoms with Crippen molar-refractivity contribution in [3.8, 4) is 0 Å². The molecule has 0 saturated carbocycles. The first kappa shape index (κ1) is 15.8. The molecule has 2 aromatic heterocycles. The average Bonchev–Trinajstić information content (AvgIpc) is 3.25. The van der Waals surface area contributed by atoms with E-state index in [1.54, 1.807) is 11.3 Å². The van der Waals surface area contributed by atoms with Gasteiger partial charge in [-0.15, -0.1) is 22.7 Å². The predicted octanol–water partition coefficient (Wildman–Crippen LogP) is 7.17. The van der Waals surface area contributed by atoms with Gasteiger partial charge in [-0.2, -0.15) is 0 Å². The molecule has 0 aliphatic carbocycles. The van der Waals surface area contributed by atoms with Crippen LogP contribution in [0.4, 0.5) is 5.69 Å². The standard InChI is InChI=1S/C21H12ClNOS2/c22-18-16-9-10-25-21(16)26-19(18)20(24)23-14-8-7-13-6-5-12-3-1-2-4-15(12)17(13)11-14/h1-11H,(H,23,24). The van der Waals surface area contributed by atoms with Crippen molar-refractivity contribution in [3.63, 3.8) is 0 Å². The summed E-state index contributed by atoms with van der Waals surface area (Å²) in [6.07, 6.45) is 0. The van der Waals surface area contributed by atoms with Gasteiger partial charge in [0.1, 0.15) is 4.88 Å². The molecule has 0 fully saturated rings. The van der Waals surface area contributed by atoms with Crippen LogP contribution in [0.15, 0.2) is 66.0 Å². The van der Waals surface area contributed by atoms with Gasteiger partial charge in [0.2, 0.25) is 0 Å². The molecular formula is C21H12ClNOS2. The minimum atomic E-state index is -0.164. The van der Waals surface area contributed by atoms with E-state index in [9.17, 15) is 4.79 Å². The molecule has 0 bridgehead atoms. The number of halogens is 1. The fourth-order valence-electron chi connectivity index (χ4n) is 3.21. The minimum Gasteiger partial charge on any atom is -0.321 e. The second-order valence-corrected chi connectivity index (χ2v) is 8.62. The highest BCUT2D eigenvalue weighted by Crippen LogP contribution is 2.39. The van der Waals surface area contributed by atoms with Crippen molar-refractivity contribution in [2.45, 2.75) is 0 Å². The van der Waals surface area contributed by atoms with E-state index in [1.165, 1.54) is 22.1 Å². The van der Waals surface area contributed by atoms with E-state index in [1.807, 2.05) is 41.8 Å². The molecule has 1 amide bonds. The number of nitrogens with one attached hydrogen (secondary N) is 1. The lowest BCUT2D eigenvalue weighted by atomic mass is 10.0. The summed E-state index contributed by atoms with van der Waals surface area (Å²) in [5.41, 5.74) is 0.770. The second kappa shape index (κ2) is 6.09. The highest BCUT2D eigenvalue weighted by Gasteiger charge is 2.18. The Morgan fingerprint density at radius 2 is 1.65 bits per heavy atom. The van der Waals surface area contributed by atoms with E-state index in [0.717, 1.165) is 25.9 Å². The summed E-state index contributed by atoms with van der Waals surface area (Å²) in [4.78, 5) is 13.3. The second-order valence-electron chi connectivity index (χ2n) is 6.04. The molecule has 0 radical (unpaired) electrons. The maximum atomic E-state index is 12.7. The van der Waals surface area contributed by atoms with Gasteiger partial charge in [0.05, 0.1) is 9.04 Å². The molecule has 0 spiro atoms. The Kier molecular flexibility index (Phi) is 3.71. The normalized spacial score (nSPS) is 11.4. The Balaban J connectivity index is 1.56. The zero-order valence-electron chi connectivity index (χ0n) is 13.5. The Labute approximate surface area is 162 Å². The summed E-state index contributed by atoms with van der Waals surface area (Å²) in [6.45, 7) is 0. The lowest BCUT2D eigenvalue weighted by molar-refractivity contribution is 0.103. The Hall–Kier alpha value is -2.40. The summed E-state index contributed by atoms with van der Waals surface area (Å²) < 4.78 is 1.07. The first-order valence-electron chi connectivity index (χ1n) is 8.09. The van der Waals surface area contributed by atoms with Gasteiger partial charge in [-0.05, 0) is 45.1 Å². The SMILES string of the molecule is O=C(Nc1ccc2ccc3ccccc3c2c1)c1sc2sccc2c1Cl. The summed E-state index contributed by atoms with van der Waals surface area (Å²) in [6, 6.07) is 20.4. The molecule has 1 N–H and O–H groups in total. The van der Waals surface area contributed by atoms with Gasteiger partial charge in [0.15, 0.2) is 0 Å². The van der Waals surface area contributed by atoms with Crippen molar-refractivity contribution in [2.75, 3.05) is 5.32 Å². The van der Waals surface area contributed by atoms with Crippen LogP contribution in [0.3, 0.4) is 0 Å². The van der Waals surface area contributed by atoms with E-state index in [-0.39, 0.29) is 5.91 Å². The summed E-state index contributed by atoms with van der Waals surface area (Å²) in [5.74, 6) is -0.164. The molecule has 0 atom stereocenters. The van der Waals surface area contributed by atoms with Crippen molar-refractivity contribution in [1.82, 2.24) is 0 Å². The van der Waals surface area contributed by atoms with Gasteiger partial charge < -0.3 is 5.32 Å². The lowest BCUT2D eigenvalue weighted by Gasteiger charge is -2.08. The van der Waals surface area contributed by atoms with E-state index in [4.69, 9.17) is 11.6 Å². The molecule has 2 nitrogen and oxygen atoms in total. The van der Waals surface area contributed by atoms with Crippen molar-refractivity contribution in [2.24, 2.45) is 0 Å². The number of benzene rings is 3. The molecule has 0 saturated heterocycles. The molecule has 26 heavy (non-hydrogen) atoms. The minimum absolute atomic E-state index is 0.164. The smallest absolute Gasteiger partial charge is 0.267 e. The molecule has 5 heteroatoms. The first-order valence-corrected chi connectivity index (χ1v) is 10.2. The number of carbonyl (C=O) groups excluding carboxylic acids is 1. The summed E-state index contributed by atoms with van der Waals surface area (Å²) in [5, 5.41) is 11.1. The van der Waals surface area contributed by atoms with Crippen LogP contribution in [0.25, 0.3) is 30.9 Å². The monoisotopic (exact) mass is 393 g/mol. The van der Waals surface area contributed by atoms with Crippen LogP contribution in [0.5, 0.6) is 0 Å². The lowest BCUT2D eigenvalue weighted by Crippen LogP contribution is -2.10. The molecule has 126 valence electrons. The average molecular weight is 394 g/mol. The molecular weight excluding hydrogens is 382 g/mol. The van der Waals surface area contributed by atoms with E-state index < -0.39 is 0 Å². The molecule has 0 aliphatic heterocycles. The van der Waals surface area contributed by atoms with Crippen LogP contribution in [-0.4, -0.2) is 5.91 Å². The van der Waals surface area contributed by atoms with Gasteiger partial charge in [-0.3, -0.25) is 4.79 Å². The van der Waals surface area contributed by atoms with Crippen molar-refractivity contribution < 1.29 is 4.79 Å². The molecule has 5 aromatic rings. The van der Waals surface area contributed by atoms with Crippen LogP contribution in [-0.2, 0) is 0 Å². The molecule has 0 aliphatic rings. The fraction of sp³-hybridized carbons (Fsp3) is 0. The third kappa shape index (κ3) is 2.50. The van der Waals surface area contributed by atoms with Crippen molar-refractivity contribution in [1.29, 1.82) is 0 Å². The van der Waals surface area contributed by atoms with Crippen LogP contribution in [0.1, 0.15) is 9.67 Å². The predicted molar refractivity (Wildman–Crippen MR) is 114 cm³/mol. The zero-order valence-corrected chi connectivity index (χ0v) is 15.8. The van der Waals surface area contributed by atoms with Crippen LogP contribution < -0.4 is 5.32 Å². The summed E-state index contributed by atoms with van der Waals surface area (Å²) >= 11 is 9.43. The zero-order chi connectivity index (χ0) is 17.7. The molecule has 0 unspecified atom stereocenters. The number of carbonyl (C=O) groups is 1. The highest BCUT2D eigenvalue weighted by atomic mass is 35.5. The van der Waals surface area contributed by atoms with Crippen molar-refractivity contribution in [3.05, 3.63) is 75.9 Å².